The van der Waals surface area contributed by atoms with Crippen LogP contribution in [0.4, 0.5) is 10.5 Å². The van der Waals surface area contributed by atoms with Gasteiger partial charge in [-0.05, 0) is 24.6 Å². The Hall–Kier alpha value is -1.23. The predicted octanol–water partition coefficient (Wildman–Crippen LogP) is 2.04. The normalized spacial score (nSPS) is 16.8. The Labute approximate surface area is 110 Å². The van der Waals surface area contributed by atoms with E-state index in [4.69, 9.17) is 5.73 Å². The molecule has 0 radical (unpaired) electrons. The quantitative estimate of drug-likeness (QED) is 0.862. The summed E-state index contributed by atoms with van der Waals surface area (Å²) >= 11 is 3.47. The second-order valence-corrected chi connectivity index (χ2v) is 5.06. The van der Waals surface area contributed by atoms with Crippen LogP contribution in [0.1, 0.15) is 6.42 Å². The Morgan fingerprint density at radius 2 is 2.06 bits per heavy atom. The van der Waals surface area contributed by atoms with E-state index >= 15 is 0 Å². The van der Waals surface area contributed by atoms with E-state index in [0.717, 1.165) is 30.5 Å². The Morgan fingerprint density at radius 3 is 2.76 bits per heavy atom. The molecule has 0 spiro atoms. The third-order valence-electron chi connectivity index (χ3n) is 2.98. The van der Waals surface area contributed by atoms with Crippen LogP contribution in [0.2, 0.25) is 0 Å². The van der Waals surface area contributed by atoms with Crippen LogP contribution in [-0.4, -0.2) is 37.1 Å². The fourth-order valence-corrected chi connectivity index (χ4v) is 2.46. The van der Waals surface area contributed by atoms with Gasteiger partial charge in [0.15, 0.2) is 0 Å². The molecule has 2 amide bonds. The van der Waals surface area contributed by atoms with Crippen LogP contribution in [0, 0.1) is 0 Å². The number of carbonyl (C=O) groups excluding carboxylic acids is 1. The topological polar surface area (TPSA) is 49.6 Å². The second-order valence-electron chi connectivity index (χ2n) is 4.15. The number of nitrogens with two attached hydrogens (primary N) is 1. The van der Waals surface area contributed by atoms with Gasteiger partial charge in [0.05, 0.1) is 0 Å². The molecule has 1 saturated heterocycles. The maximum atomic E-state index is 11.1. The molecule has 0 bridgehead atoms. The van der Waals surface area contributed by atoms with Gasteiger partial charge in [0.2, 0.25) is 0 Å². The number of hydrogen-bond acceptors (Lipinski definition) is 2. The summed E-state index contributed by atoms with van der Waals surface area (Å²) in [4.78, 5) is 15.1. The molecule has 4 nitrogen and oxygen atoms in total. The predicted molar refractivity (Wildman–Crippen MR) is 72.1 cm³/mol. The van der Waals surface area contributed by atoms with Gasteiger partial charge in [0.25, 0.3) is 0 Å². The van der Waals surface area contributed by atoms with E-state index in [9.17, 15) is 4.79 Å². The zero-order chi connectivity index (χ0) is 12.3. The average Bonchev–Trinajstić information content (AvgIpc) is 2.54. The average molecular weight is 298 g/mol. The van der Waals surface area contributed by atoms with Crippen LogP contribution in [0.5, 0.6) is 0 Å². The van der Waals surface area contributed by atoms with E-state index in [1.165, 1.54) is 5.69 Å². The SMILES string of the molecule is NC(=O)N1CCCN(c2cccc(Br)c2)CC1. The van der Waals surface area contributed by atoms with Crippen molar-refractivity contribution in [3.63, 3.8) is 0 Å². The van der Waals surface area contributed by atoms with Gasteiger partial charge in [0.1, 0.15) is 0 Å². The third-order valence-corrected chi connectivity index (χ3v) is 3.47. The summed E-state index contributed by atoms with van der Waals surface area (Å²) in [7, 11) is 0. The molecule has 0 unspecified atom stereocenters. The molecule has 1 aliphatic rings. The Balaban J connectivity index is 2.06. The van der Waals surface area contributed by atoms with Gasteiger partial charge >= 0.3 is 6.03 Å². The molecule has 1 heterocycles. The van der Waals surface area contributed by atoms with Gasteiger partial charge in [-0.2, -0.15) is 0 Å². The smallest absolute Gasteiger partial charge is 0.314 e. The molecule has 0 aliphatic carbocycles. The van der Waals surface area contributed by atoms with Crippen molar-refractivity contribution < 1.29 is 4.79 Å². The van der Waals surface area contributed by atoms with Crippen LogP contribution < -0.4 is 10.6 Å². The number of nitrogens with zero attached hydrogens (tertiary/aromatic N) is 2. The first-order chi connectivity index (χ1) is 8.16. The number of anilines is 1. The second kappa shape index (κ2) is 5.40. The summed E-state index contributed by atoms with van der Waals surface area (Å²) in [5.41, 5.74) is 6.49. The van der Waals surface area contributed by atoms with Gasteiger partial charge < -0.3 is 15.5 Å². The first-order valence-corrected chi connectivity index (χ1v) is 6.51. The van der Waals surface area contributed by atoms with E-state index in [0.29, 0.717) is 6.54 Å². The molecule has 1 fully saturated rings. The molecule has 92 valence electrons. The van der Waals surface area contributed by atoms with Crippen molar-refractivity contribution in [2.75, 3.05) is 31.1 Å². The summed E-state index contributed by atoms with van der Waals surface area (Å²) < 4.78 is 1.08. The van der Waals surface area contributed by atoms with Crippen molar-refractivity contribution in [3.05, 3.63) is 28.7 Å². The molecule has 1 aliphatic heterocycles. The van der Waals surface area contributed by atoms with E-state index in [1.54, 1.807) is 4.90 Å². The van der Waals surface area contributed by atoms with Crippen molar-refractivity contribution in [3.8, 4) is 0 Å². The highest BCUT2D eigenvalue weighted by atomic mass is 79.9. The lowest BCUT2D eigenvalue weighted by Gasteiger charge is -2.23. The van der Waals surface area contributed by atoms with Crippen LogP contribution in [0.3, 0.4) is 0 Å². The molecule has 0 atom stereocenters. The minimum absolute atomic E-state index is 0.318. The molecule has 0 aromatic heterocycles. The molecule has 2 rings (SSSR count). The highest BCUT2D eigenvalue weighted by Gasteiger charge is 2.17. The fourth-order valence-electron chi connectivity index (χ4n) is 2.07. The third kappa shape index (κ3) is 3.12. The summed E-state index contributed by atoms with van der Waals surface area (Å²) in [5.74, 6) is 0. The van der Waals surface area contributed by atoms with Crippen LogP contribution in [0.15, 0.2) is 28.7 Å². The zero-order valence-corrected chi connectivity index (χ0v) is 11.2. The minimum atomic E-state index is -0.318. The lowest BCUT2D eigenvalue weighted by atomic mass is 10.2. The summed E-state index contributed by atoms with van der Waals surface area (Å²) in [6.45, 7) is 3.24. The lowest BCUT2D eigenvalue weighted by molar-refractivity contribution is 0.211. The molecule has 1 aromatic carbocycles. The first kappa shape index (κ1) is 12.2. The Kier molecular flexibility index (Phi) is 3.89. The van der Waals surface area contributed by atoms with Crippen molar-refractivity contribution in [2.24, 2.45) is 5.73 Å². The molecule has 2 N–H and O–H groups in total. The number of benzene rings is 1. The summed E-state index contributed by atoms with van der Waals surface area (Å²) in [6, 6.07) is 7.90. The number of amides is 2. The molecule has 1 aromatic rings. The number of halogens is 1. The van der Waals surface area contributed by atoms with Gasteiger partial charge in [-0.3, -0.25) is 0 Å². The lowest BCUT2D eigenvalue weighted by Crippen LogP contribution is -2.38. The highest BCUT2D eigenvalue weighted by Crippen LogP contribution is 2.21. The summed E-state index contributed by atoms with van der Waals surface area (Å²) in [6.07, 6.45) is 0.954. The molecule has 17 heavy (non-hydrogen) atoms. The maximum absolute atomic E-state index is 11.1. The fraction of sp³-hybridized carbons (Fsp3) is 0.417. The number of rotatable bonds is 1. The number of primary amides is 1. The van der Waals surface area contributed by atoms with Gasteiger partial charge in [-0.15, -0.1) is 0 Å². The van der Waals surface area contributed by atoms with Gasteiger partial charge in [0, 0.05) is 36.3 Å². The Bertz CT molecular complexity index is 410. The zero-order valence-electron chi connectivity index (χ0n) is 9.60. The standard InChI is InChI=1S/C12H16BrN3O/c13-10-3-1-4-11(9-10)15-5-2-6-16(8-7-15)12(14)17/h1,3-4,9H,2,5-8H2,(H2,14,17). The van der Waals surface area contributed by atoms with E-state index in [1.807, 2.05) is 12.1 Å². The molecule has 0 saturated carbocycles. The largest absolute Gasteiger partial charge is 0.370 e. The maximum Gasteiger partial charge on any atom is 0.314 e. The minimum Gasteiger partial charge on any atom is -0.370 e. The molecular weight excluding hydrogens is 282 g/mol. The Morgan fingerprint density at radius 1 is 1.24 bits per heavy atom. The van der Waals surface area contributed by atoms with E-state index in [2.05, 4.69) is 33.0 Å². The van der Waals surface area contributed by atoms with Crippen molar-refractivity contribution in [1.29, 1.82) is 0 Å². The van der Waals surface area contributed by atoms with Crippen molar-refractivity contribution in [2.45, 2.75) is 6.42 Å². The van der Waals surface area contributed by atoms with Gasteiger partial charge in [-0.25, -0.2) is 4.79 Å². The van der Waals surface area contributed by atoms with Crippen LogP contribution in [0.25, 0.3) is 0 Å². The van der Waals surface area contributed by atoms with Crippen LogP contribution >= 0.6 is 15.9 Å². The monoisotopic (exact) mass is 297 g/mol. The number of hydrogen-bond donors (Lipinski definition) is 1. The van der Waals surface area contributed by atoms with Crippen LogP contribution in [-0.2, 0) is 0 Å². The van der Waals surface area contributed by atoms with Crippen molar-refractivity contribution in [1.82, 2.24) is 4.90 Å². The molecular formula is C12H16BrN3O. The van der Waals surface area contributed by atoms with E-state index < -0.39 is 0 Å². The van der Waals surface area contributed by atoms with Gasteiger partial charge in [-0.1, -0.05) is 22.0 Å². The number of carbonyl (C=O) groups is 1. The number of urea groups is 1. The van der Waals surface area contributed by atoms with Crippen molar-refractivity contribution >= 4 is 27.6 Å². The highest BCUT2D eigenvalue weighted by molar-refractivity contribution is 9.10. The summed E-state index contributed by atoms with van der Waals surface area (Å²) in [5, 5.41) is 0. The van der Waals surface area contributed by atoms with E-state index in [-0.39, 0.29) is 6.03 Å². The molecule has 5 heteroatoms. The first-order valence-electron chi connectivity index (χ1n) is 5.72.